The van der Waals surface area contributed by atoms with Crippen molar-refractivity contribution in [1.29, 1.82) is 0 Å². The third-order valence-electron chi connectivity index (χ3n) is 4.63. The lowest BCUT2D eigenvalue weighted by Gasteiger charge is -2.15. The molecule has 2 aromatic heterocycles. The highest BCUT2D eigenvalue weighted by Gasteiger charge is 2.31. The fourth-order valence-corrected chi connectivity index (χ4v) is 6.81. The molecular formula is C19H20N4O2S2. The smallest absolute Gasteiger partial charge is 0.196 e. The molecule has 0 bridgehead atoms. The maximum absolute atomic E-state index is 11.8. The third-order valence-corrected chi connectivity index (χ3v) is 7.82. The van der Waals surface area contributed by atoms with Crippen molar-refractivity contribution >= 4 is 21.6 Å². The van der Waals surface area contributed by atoms with Gasteiger partial charge in [-0.3, -0.25) is 9.55 Å². The van der Waals surface area contributed by atoms with Gasteiger partial charge in [-0.15, -0.1) is 10.2 Å². The lowest BCUT2D eigenvalue weighted by molar-refractivity contribution is 0.602. The van der Waals surface area contributed by atoms with Crippen molar-refractivity contribution in [3.63, 3.8) is 0 Å². The lowest BCUT2D eigenvalue weighted by atomic mass is 10.1. The highest BCUT2D eigenvalue weighted by molar-refractivity contribution is 8.01. The van der Waals surface area contributed by atoms with Crippen LogP contribution in [0.2, 0.25) is 0 Å². The standard InChI is InChI=1S/C19H20N4O2S2/c1-13-3-4-17(14(2)11-13)23-18(15-5-8-20-9-6-15)21-22-19(23)26-16-7-10-27(24,25)12-16/h3-6,8-9,11,16H,7,10,12H2,1-2H3. The molecule has 0 radical (unpaired) electrons. The molecule has 1 saturated heterocycles. The first kappa shape index (κ1) is 18.2. The molecular weight excluding hydrogens is 380 g/mol. The normalized spacial score (nSPS) is 18.7. The van der Waals surface area contributed by atoms with E-state index in [1.165, 1.54) is 17.3 Å². The van der Waals surface area contributed by atoms with Crippen molar-refractivity contribution in [1.82, 2.24) is 19.7 Å². The Bertz CT molecular complexity index is 1080. The number of benzene rings is 1. The minimum atomic E-state index is -2.94. The van der Waals surface area contributed by atoms with Crippen molar-refractivity contribution in [3.8, 4) is 17.1 Å². The summed E-state index contributed by atoms with van der Waals surface area (Å²) in [4.78, 5) is 4.08. The number of pyridine rings is 1. The number of aryl methyl sites for hydroxylation is 2. The van der Waals surface area contributed by atoms with E-state index >= 15 is 0 Å². The van der Waals surface area contributed by atoms with Gasteiger partial charge in [-0.1, -0.05) is 29.5 Å². The molecule has 3 aromatic rings. The minimum absolute atomic E-state index is 0.00833. The van der Waals surface area contributed by atoms with Gasteiger partial charge in [-0.2, -0.15) is 0 Å². The summed E-state index contributed by atoms with van der Waals surface area (Å²) in [7, 11) is -2.94. The van der Waals surface area contributed by atoms with Crippen LogP contribution in [0.25, 0.3) is 17.1 Å². The van der Waals surface area contributed by atoms with Gasteiger partial charge >= 0.3 is 0 Å². The first-order valence-electron chi connectivity index (χ1n) is 8.73. The van der Waals surface area contributed by atoms with Gasteiger partial charge in [-0.05, 0) is 44.0 Å². The van der Waals surface area contributed by atoms with E-state index in [0.29, 0.717) is 6.42 Å². The predicted molar refractivity (Wildman–Crippen MR) is 107 cm³/mol. The van der Waals surface area contributed by atoms with Crippen molar-refractivity contribution in [2.45, 2.75) is 30.7 Å². The summed E-state index contributed by atoms with van der Waals surface area (Å²) < 4.78 is 25.7. The molecule has 0 aliphatic carbocycles. The van der Waals surface area contributed by atoms with Crippen LogP contribution in [-0.2, 0) is 9.84 Å². The van der Waals surface area contributed by atoms with E-state index in [9.17, 15) is 8.42 Å². The number of rotatable bonds is 4. The highest BCUT2D eigenvalue weighted by Crippen LogP contribution is 2.34. The Labute approximate surface area is 163 Å². The number of hydrogen-bond donors (Lipinski definition) is 0. The molecule has 3 heterocycles. The topological polar surface area (TPSA) is 77.7 Å². The molecule has 0 N–H and O–H groups in total. The molecule has 1 fully saturated rings. The fraction of sp³-hybridized carbons (Fsp3) is 0.316. The van der Waals surface area contributed by atoms with E-state index in [1.807, 2.05) is 16.7 Å². The summed E-state index contributed by atoms with van der Waals surface area (Å²) in [5, 5.41) is 9.55. The second-order valence-corrected chi connectivity index (χ2v) is 10.3. The first-order chi connectivity index (χ1) is 12.9. The summed E-state index contributed by atoms with van der Waals surface area (Å²) in [6, 6.07) is 10.1. The Morgan fingerprint density at radius 3 is 2.56 bits per heavy atom. The second kappa shape index (κ2) is 7.09. The molecule has 0 spiro atoms. The SMILES string of the molecule is Cc1ccc(-n2c(SC3CCS(=O)(=O)C3)nnc2-c2ccncc2)c(C)c1. The second-order valence-electron chi connectivity index (χ2n) is 6.81. The summed E-state index contributed by atoms with van der Waals surface area (Å²) in [5.74, 6) is 1.18. The molecule has 27 heavy (non-hydrogen) atoms. The Balaban J connectivity index is 1.81. The Kier molecular flexibility index (Phi) is 4.77. The molecule has 140 valence electrons. The lowest BCUT2D eigenvalue weighted by Crippen LogP contribution is -2.09. The summed E-state index contributed by atoms with van der Waals surface area (Å²) >= 11 is 1.50. The van der Waals surface area contributed by atoms with Crippen LogP contribution >= 0.6 is 11.8 Å². The van der Waals surface area contributed by atoms with Crippen LogP contribution in [0.3, 0.4) is 0 Å². The van der Waals surface area contributed by atoms with Crippen LogP contribution < -0.4 is 0 Å². The quantitative estimate of drug-likeness (QED) is 0.669. The van der Waals surface area contributed by atoms with Crippen LogP contribution in [0.4, 0.5) is 0 Å². The molecule has 8 heteroatoms. The fourth-order valence-electron chi connectivity index (χ4n) is 3.31. The van der Waals surface area contributed by atoms with E-state index in [4.69, 9.17) is 0 Å². The number of aromatic nitrogens is 4. The highest BCUT2D eigenvalue weighted by atomic mass is 32.2. The molecule has 0 amide bonds. The van der Waals surface area contributed by atoms with E-state index in [0.717, 1.165) is 27.8 Å². The average Bonchev–Trinajstić information content (AvgIpc) is 3.19. The van der Waals surface area contributed by atoms with E-state index in [2.05, 4.69) is 47.2 Å². The monoisotopic (exact) mass is 400 g/mol. The minimum Gasteiger partial charge on any atom is -0.270 e. The Morgan fingerprint density at radius 1 is 1.11 bits per heavy atom. The van der Waals surface area contributed by atoms with Gasteiger partial charge in [0.05, 0.1) is 17.2 Å². The number of hydrogen-bond acceptors (Lipinski definition) is 6. The number of thioether (sulfide) groups is 1. The summed E-state index contributed by atoms with van der Waals surface area (Å²) in [6.07, 6.45) is 4.11. The molecule has 1 aliphatic rings. The van der Waals surface area contributed by atoms with Crippen molar-refractivity contribution in [2.75, 3.05) is 11.5 Å². The molecule has 1 atom stereocenters. The number of sulfone groups is 1. The molecule has 1 aliphatic heterocycles. The zero-order valence-corrected chi connectivity index (χ0v) is 16.8. The van der Waals surface area contributed by atoms with Crippen LogP contribution in [0, 0.1) is 13.8 Å². The van der Waals surface area contributed by atoms with Crippen LogP contribution in [0.5, 0.6) is 0 Å². The molecule has 6 nitrogen and oxygen atoms in total. The van der Waals surface area contributed by atoms with E-state index in [-0.39, 0.29) is 16.8 Å². The summed E-state index contributed by atoms with van der Waals surface area (Å²) in [5.41, 5.74) is 4.22. The maximum Gasteiger partial charge on any atom is 0.196 e. The van der Waals surface area contributed by atoms with Crippen molar-refractivity contribution in [2.24, 2.45) is 0 Å². The maximum atomic E-state index is 11.8. The van der Waals surface area contributed by atoms with Gasteiger partial charge in [0.15, 0.2) is 20.8 Å². The Morgan fingerprint density at radius 2 is 1.89 bits per heavy atom. The molecule has 1 aromatic carbocycles. The van der Waals surface area contributed by atoms with Gasteiger partial charge < -0.3 is 0 Å². The van der Waals surface area contributed by atoms with Crippen molar-refractivity contribution in [3.05, 3.63) is 53.9 Å². The largest absolute Gasteiger partial charge is 0.270 e. The van der Waals surface area contributed by atoms with Gasteiger partial charge in [0, 0.05) is 23.2 Å². The van der Waals surface area contributed by atoms with Gasteiger partial charge in [-0.25, -0.2) is 8.42 Å². The predicted octanol–water partition coefficient (Wildman–Crippen LogP) is 3.23. The van der Waals surface area contributed by atoms with Crippen LogP contribution in [-0.4, -0.2) is 44.9 Å². The zero-order chi connectivity index (χ0) is 19.0. The van der Waals surface area contributed by atoms with Crippen LogP contribution in [0.15, 0.2) is 47.9 Å². The summed E-state index contributed by atoms with van der Waals surface area (Å²) in [6.45, 7) is 4.12. The molecule has 1 unspecified atom stereocenters. The molecule has 0 saturated carbocycles. The van der Waals surface area contributed by atoms with Crippen molar-refractivity contribution < 1.29 is 8.42 Å². The zero-order valence-electron chi connectivity index (χ0n) is 15.2. The first-order valence-corrected chi connectivity index (χ1v) is 11.4. The van der Waals surface area contributed by atoms with Crippen LogP contribution in [0.1, 0.15) is 17.5 Å². The van der Waals surface area contributed by atoms with Gasteiger partial charge in [0.25, 0.3) is 0 Å². The van der Waals surface area contributed by atoms with E-state index < -0.39 is 9.84 Å². The average molecular weight is 401 g/mol. The molecule has 4 rings (SSSR count). The van der Waals surface area contributed by atoms with E-state index in [1.54, 1.807) is 12.4 Å². The number of nitrogens with zero attached hydrogens (tertiary/aromatic N) is 4. The third kappa shape index (κ3) is 3.77. The van der Waals surface area contributed by atoms with Gasteiger partial charge in [0.2, 0.25) is 0 Å². The van der Waals surface area contributed by atoms with Gasteiger partial charge in [0.1, 0.15) is 0 Å². The Hall–Kier alpha value is -2.19.